The number of carbonyl (C=O) groups is 1. The summed E-state index contributed by atoms with van der Waals surface area (Å²) in [6, 6.07) is 4.24. The van der Waals surface area contributed by atoms with E-state index in [9.17, 15) is 15.0 Å². The topological polar surface area (TPSA) is 66.8 Å². The number of ether oxygens (including phenoxy) is 1. The molecule has 3 rings (SSSR count). The van der Waals surface area contributed by atoms with Crippen molar-refractivity contribution in [1.29, 1.82) is 0 Å². The number of aromatic hydroxyl groups is 2. The lowest BCUT2D eigenvalue weighted by Gasteiger charge is -2.38. The molecule has 2 saturated carbocycles. The van der Waals surface area contributed by atoms with Gasteiger partial charge in [0.2, 0.25) is 0 Å². The van der Waals surface area contributed by atoms with Gasteiger partial charge in [0.25, 0.3) is 0 Å². The second-order valence-electron chi connectivity index (χ2n) is 7.18. The predicted octanol–water partition coefficient (Wildman–Crippen LogP) is 3.47. The van der Waals surface area contributed by atoms with Crippen LogP contribution in [-0.2, 0) is 4.74 Å². The molecule has 0 aliphatic heterocycles. The molecule has 0 aromatic heterocycles. The van der Waals surface area contributed by atoms with Crippen LogP contribution >= 0.6 is 0 Å². The molecular weight excluding hydrogens is 268 g/mol. The maximum atomic E-state index is 12.3. The minimum Gasteiger partial charge on any atom is -0.507 e. The SMILES string of the molecule is CC1(C)C2CCC1(C)C(OC(=O)c1c(O)cccc1O)C2. The molecule has 114 valence electrons. The number of hydrogen-bond acceptors (Lipinski definition) is 4. The maximum Gasteiger partial charge on any atom is 0.346 e. The smallest absolute Gasteiger partial charge is 0.346 e. The summed E-state index contributed by atoms with van der Waals surface area (Å²) >= 11 is 0. The molecule has 0 radical (unpaired) electrons. The fraction of sp³-hybridized carbons (Fsp3) is 0.588. The lowest BCUT2D eigenvalue weighted by Crippen LogP contribution is -2.38. The van der Waals surface area contributed by atoms with Crippen LogP contribution in [0, 0.1) is 16.7 Å². The van der Waals surface area contributed by atoms with Gasteiger partial charge in [0, 0.05) is 5.41 Å². The molecule has 0 spiro atoms. The molecule has 2 bridgehead atoms. The molecule has 3 atom stereocenters. The second-order valence-corrected chi connectivity index (χ2v) is 7.18. The van der Waals surface area contributed by atoms with Crippen LogP contribution in [0.5, 0.6) is 11.5 Å². The standard InChI is InChI=1S/C17H22O4/c1-16(2)10-7-8-17(16,3)13(9-10)21-15(20)14-11(18)5-4-6-12(14)19/h4-6,10,13,18-19H,7-9H2,1-3H3. The minimum absolute atomic E-state index is 0.0344. The lowest BCUT2D eigenvalue weighted by atomic mass is 9.70. The van der Waals surface area contributed by atoms with E-state index >= 15 is 0 Å². The number of phenols is 2. The van der Waals surface area contributed by atoms with E-state index in [0.717, 1.165) is 12.8 Å². The van der Waals surface area contributed by atoms with Crippen LogP contribution in [-0.4, -0.2) is 22.3 Å². The average Bonchev–Trinajstić information content (AvgIpc) is 2.71. The lowest BCUT2D eigenvalue weighted by molar-refractivity contribution is -0.0246. The summed E-state index contributed by atoms with van der Waals surface area (Å²) in [7, 11) is 0. The third kappa shape index (κ3) is 1.84. The minimum atomic E-state index is -0.639. The van der Waals surface area contributed by atoms with E-state index in [-0.39, 0.29) is 34.0 Å². The molecule has 2 fully saturated rings. The normalized spacial score (nSPS) is 33.1. The van der Waals surface area contributed by atoms with Gasteiger partial charge < -0.3 is 14.9 Å². The van der Waals surface area contributed by atoms with Gasteiger partial charge in [-0.3, -0.25) is 0 Å². The van der Waals surface area contributed by atoms with Gasteiger partial charge in [-0.25, -0.2) is 4.79 Å². The van der Waals surface area contributed by atoms with Crippen LogP contribution in [0.15, 0.2) is 18.2 Å². The third-order valence-electron chi connectivity index (χ3n) is 6.19. The van der Waals surface area contributed by atoms with Crippen molar-refractivity contribution in [2.45, 2.75) is 46.1 Å². The zero-order valence-corrected chi connectivity index (χ0v) is 12.7. The van der Waals surface area contributed by atoms with E-state index < -0.39 is 5.97 Å². The highest BCUT2D eigenvalue weighted by Gasteiger charge is 2.62. The van der Waals surface area contributed by atoms with Crippen LogP contribution in [0.1, 0.15) is 50.4 Å². The fourth-order valence-electron chi connectivity index (χ4n) is 4.23. The van der Waals surface area contributed by atoms with E-state index in [1.165, 1.54) is 24.6 Å². The first kappa shape index (κ1) is 14.2. The summed E-state index contributed by atoms with van der Waals surface area (Å²) in [5, 5.41) is 19.5. The first-order valence-electron chi connectivity index (χ1n) is 7.49. The Balaban J connectivity index is 1.84. The van der Waals surface area contributed by atoms with Crippen molar-refractivity contribution >= 4 is 5.97 Å². The molecule has 2 aliphatic rings. The molecule has 1 aromatic carbocycles. The average molecular weight is 290 g/mol. The molecule has 2 N–H and O–H groups in total. The van der Waals surface area contributed by atoms with Crippen LogP contribution in [0.25, 0.3) is 0 Å². The first-order valence-corrected chi connectivity index (χ1v) is 7.49. The zero-order chi connectivity index (χ0) is 15.4. The molecule has 2 aliphatic carbocycles. The summed E-state index contributed by atoms with van der Waals surface area (Å²) < 4.78 is 5.67. The Morgan fingerprint density at radius 2 is 1.86 bits per heavy atom. The summed E-state index contributed by atoms with van der Waals surface area (Å²) in [5.74, 6) is -0.557. The molecule has 4 nitrogen and oxygen atoms in total. The van der Waals surface area contributed by atoms with E-state index in [1.54, 1.807) is 0 Å². The van der Waals surface area contributed by atoms with Crippen LogP contribution in [0.4, 0.5) is 0 Å². The highest BCUT2D eigenvalue weighted by Crippen LogP contribution is 2.66. The molecule has 0 amide bonds. The Bertz CT molecular complexity index is 572. The summed E-state index contributed by atoms with van der Waals surface area (Å²) in [6.45, 7) is 6.68. The molecular formula is C17H22O4. The van der Waals surface area contributed by atoms with Crippen molar-refractivity contribution in [3.8, 4) is 11.5 Å². The van der Waals surface area contributed by atoms with E-state index in [0.29, 0.717) is 5.92 Å². The Morgan fingerprint density at radius 3 is 2.33 bits per heavy atom. The number of carbonyl (C=O) groups excluding carboxylic acids is 1. The monoisotopic (exact) mass is 290 g/mol. The molecule has 4 heteroatoms. The van der Waals surface area contributed by atoms with Gasteiger partial charge in [-0.15, -0.1) is 0 Å². The van der Waals surface area contributed by atoms with Gasteiger partial charge in [0.15, 0.2) is 0 Å². The van der Waals surface area contributed by atoms with Gasteiger partial charge in [-0.1, -0.05) is 26.8 Å². The molecule has 0 saturated heterocycles. The number of hydrogen-bond donors (Lipinski definition) is 2. The van der Waals surface area contributed by atoms with Gasteiger partial charge in [-0.05, 0) is 42.7 Å². The van der Waals surface area contributed by atoms with E-state index in [1.807, 2.05) is 0 Å². The van der Waals surface area contributed by atoms with Crippen molar-refractivity contribution in [2.24, 2.45) is 16.7 Å². The molecule has 1 aromatic rings. The van der Waals surface area contributed by atoms with Crippen molar-refractivity contribution in [3.63, 3.8) is 0 Å². The van der Waals surface area contributed by atoms with Crippen molar-refractivity contribution in [2.75, 3.05) is 0 Å². The van der Waals surface area contributed by atoms with Crippen molar-refractivity contribution in [1.82, 2.24) is 0 Å². The summed E-state index contributed by atoms with van der Waals surface area (Å²) in [6.07, 6.45) is 2.94. The molecule has 3 unspecified atom stereocenters. The van der Waals surface area contributed by atoms with Gasteiger partial charge in [0.05, 0.1) is 0 Å². The van der Waals surface area contributed by atoms with Crippen molar-refractivity contribution < 1.29 is 19.7 Å². The first-order chi connectivity index (χ1) is 9.77. The maximum absolute atomic E-state index is 12.3. The summed E-state index contributed by atoms with van der Waals surface area (Å²) in [4.78, 5) is 12.3. The Labute approximate surface area is 124 Å². The Kier molecular flexibility index (Phi) is 2.98. The highest BCUT2D eigenvalue weighted by atomic mass is 16.5. The van der Waals surface area contributed by atoms with E-state index in [2.05, 4.69) is 20.8 Å². The second kappa shape index (κ2) is 4.39. The highest BCUT2D eigenvalue weighted by molar-refractivity contribution is 5.95. The third-order valence-corrected chi connectivity index (χ3v) is 6.19. The van der Waals surface area contributed by atoms with E-state index in [4.69, 9.17) is 4.74 Å². The van der Waals surface area contributed by atoms with Crippen LogP contribution < -0.4 is 0 Å². The predicted molar refractivity (Wildman–Crippen MR) is 78.2 cm³/mol. The van der Waals surface area contributed by atoms with Crippen molar-refractivity contribution in [3.05, 3.63) is 23.8 Å². The Hall–Kier alpha value is -1.71. The molecule has 21 heavy (non-hydrogen) atoms. The zero-order valence-electron chi connectivity index (χ0n) is 12.7. The number of phenolic OH excluding ortho intramolecular Hbond substituents is 2. The number of benzene rings is 1. The number of fused-ring (bicyclic) bond motifs is 2. The molecule has 0 heterocycles. The quantitative estimate of drug-likeness (QED) is 0.818. The Morgan fingerprint density at radius 1 is 1.24 bits per heavy atom. The van der Waals surface area contributed by atoms with Gasteiger partial charge >= 0.3 is 5.97 Å². The number of esters is 1. The van der Waals surface area contributed by atoms with Crippen LogP contribution in [0.2, 0.25) is 0 Å². The van der Waals surface area contributed by atoms with Crippen LogP contribution in [0.3, 0.4) is 0 Å². The van der Waals surface area contributed by atoms with Gasteiger partial charge in [-0.2, -0.15) is 0 Å². The number of rotatable bonds is 2. The summed E-state index contributed by atoms with van der Waals surface area (Å²) in [5.41, 5.74) is -0.0202. The fourth-order valence-corrected chi connectivity index (χ4v) is 4.23. The van der Waals surface area contributed by atoms with Gasteiger partial charge in [0.1, 0.15) is 23.2 Å². The largest absolute Gasteiger partial charge is 0.507 e.